The van der Waals surface area contributed by atoms with Crippen LogP contribution >= 0.6 is 11.6 Å². The van der Waals surface area contributed by atoms with Gasteiger partial charge in [-0.2, -0.15) is 0 Å². The molecule has 44 heavy (non-hydrogen) atoms. The number of methoxy groups -OCH3 is 1. The van der Waals surface area contributed by atoms with E-state index in [-0.39, 0.29) is 34.6 Å². The van der Waals surface area contributed by atoms with Crippen LogP contribution in [0.15, 0.2) is 65.6 Å². The van der Waals surface area contributed by atoms with E-state index < -0.39 is 49.9 Å². The minimum Gasteiger partial charge on any atom is -0.495 e. The minimum absolute atomic E-state index is 0.0200. The van der Waals surface area contributed by atoms with E-state index in [1.807, 2.05) is 45.0 Å². The molecule has 3 rings (SSSR count). The molecule has 2 atom stereocenters. The second-order valence-corrected chi connectivity index (χ2v) is 12.8. The van der Waals surface area contributed by atoms with Crippen LogP contribution in [0.25, 0.3) is 0 Å². The van der Waals surface area contributed by atoms with Crippen molar-refractivity contribution < 1.29 is 27.7 Å². The van der Waals surface area contributed by atoms with Crippen LogP contribution in [0.4, 0.5) is 11.4 Å². The fourth-order valence-electron chi connectivity index (χ4n) is 4.50. The van der Waals surface area contributed by atoms with Gasteiger partial charge in [0.05, 0.1) is 22.6 Å². The van der Waals surface area contributed by atoms with Gasteiger partial charge in [0.25, 0.3) is 15.7 Å². The number of nitro groups is 1. The van der Waals surface area contributed by atoms with Gasteiger partial charge in [-0.1, -0.05) is 54.4 Å². The SMILES string of the molecule is CC[C@@H](C)NC(=O)[C@H](C)N(Cc1cccc(C)c1)C(=O)CN(c1cc(Cl)ccc1OC)S(=O)(=O)c1ccc(C)c([N+](=O)[O-])c1. The lowest BCUT2D eigenvalue weighted by Gasteiger charge is -2.33. The van der Waals surface area contributed by atoms with Gasteiger partial charge in [0.1, 0.15) is 18.3 Å². The summed E-state index contributed by atoms with van der Waals surface area (Å²) < 4.78 is 34.6. The molecule has 0 spiro atoms. The van der Waals surface area contributed by atoms with Crippen LogP contribution in [0.2, 0.25) is 5.02 Å². The number of benzene rings is 3. The van der Waals surface area contributed by atoms with Crippen molar-refractivity contribution in [3.63, 3.8) is 0 Å². The third-order valence-electron chi connectivity index (χ3n) is 7.26. The minimum atomic E-state index is -4.61. The third kappa shape index (κ3) is 8.06. The molecule has 2 amide bonds. The second-order valence-electron chi connectivity index (χ2n) is 10.5. The van der Waals surface area contributed by atoms with Crippen molar-refractivity contribution in [3.05, 3.63) is 92.5 Å². The standard InChI is InChI=1S/C31H37ClN4O7S/c1-7-22(4)33-31(38)23(5)34(18-24-10-8-9-20(2)15-24)30(37)19-35(28-16-25(32)12-14-29(28)43-6)44(41,42)26-13-11-21(3)27(17-26)36(39)40/h8-17,22-23H,7,18-19H2,1-6H3,(H,33,38)/t22-,23+/m1/s1. The summed E-state index contributed by atoms with van der Waals surface area (Å²) in [7, 11) is -3.28. The highest BCUT2D eigenvalue weighted by Gasteiger charge is 2.35. The number of ether oxygens (including phenoxy) is 1. The zero-order chi connectivity index (χ0) is 32.8. The van der Waals surface area contributed by atoms with Crippen molar-refractivity contribution in [1.29, 1.82) is 0 Å². The van der Waals surface area contributed by atoms with Crippen LogP contribution in [0, 0.1) is 24.0 Å². The number of sulfonamides is 1. The fourth-order valence-corrected chi connectivity index (χ4v) is 6.10. The van der Waals surface area contributed by atoms with Gasteiger partial charge in [-0.15, -0.1) is 0 Å². The molecule has 0 saturated carbocycles. The van der Waals surface area contributed by atoms with Crippen molar-refractivity contribution in [3.8, 4) is 5.75 Å². The van der Waals surface area contributed by atoms with Gasteiger partial charge in [0, 0.05) is 29.2 Å². The van der Waals surface area contributed by atoms with Gasteiger partial charge >= 0.3 is 0 Å². The molecule has 1 N–H and O–H groups in total. The number of carbonyl (C=O) groups excluding carboxylic acids is 2. The third-order valence-corrected chi connectivity index (χ3v) is 9.25. The second kappa shape index (κ2) is 14.5. The first kappa shape index (κ1) is 34.3. The number of nitrogens with one attached hydrogen (secondary N) is 1. The molecule has 11 nitrogen and oxygen atoms in total. The maximum atomic E-state index is 14.2. The van der Waals surface area contributed by atoms with Gasteiger partial charge in [0.2, 0.25) is 11.8 Å². The number of anilines is 1. The number of amides is 2. The van der Waals surface area contributed by atoms with Crippen molar-refractivity contribution in [2.45, 2.75) is 64.6 Å². The highest BCUT2D eigenvalue weighted by atomic mass is 35.5. The Kier molecular flexibility index (Phi) is 11.3. The smallest absolute Gasteiger partial charge is 0.273 e. The zero-order valence-corrected chi connectivity index (χ0v) is 27.1. The maximum absolute atomic E-state index is 14.2. The van der Waals surface area contributed by atoms with E-state index in [4.69, 9.17) is 16.3 Å². The summed E-state index contributed by atoms with van der Waals surface area (Å²) in [5.74, 6) is -0.991. The topological polar surface area (TPSA) is 139 Å². The summed E-state index contributed by atoms with van der Waals surface area (Å²) in [6.07, 6.45) is 0.674. The molecule has 3 aromatic carbocycles. The normalized spacial score (nSPS) is 12.6. The van der Waals surface area contributed by atoms with Crippen LogP contribution in [0.3, 0.4) is 0 Å². The molecule has 0 aromatic heterocycles. The summed E-state index contributed by atoms with van der Waals surface area (Å²) >= 11 is 6.26. The molecular formula is C31H37ClN4O7S. The van der Waals surface area contributed by atoms with Gasteiger partial charge in [-0.25, -0.2) is 8.42 Å². The predicted molar refractivity (Wildman–Crippen MR) is 169 cm³/mol. The number of nitro benzene ring substituents is 1. The number of carbonyl (C=O) groups is 2. The monoisotopic (exact) mass is 644 g/mol. The molecule has 0 heterocycles. The van der Waals surface area contributed by atoms with Crippen molar-refractivity contribution in [2.75, 3.05) is 18.0 Å². The Morgan fingerprint density at radius 2 is 1.77 bits per heavy atom. The number of aryl methyl sites for hydroxylation is 2. The molecule has 0 fully saturated rings. The van der Waals surface area contributed by atoms with E-state index >= 15 is 0 Å². The van der Waals surface area contributed by atoms with Crippen LogP contribution in [-0.4, -0.2) is 55.8 Å². The van der Waals surface area contributed by atoms with E-state index in [0.29, 0.717) is 6.42 Å². The van der Waals surface area contributed by atoms with E-state index in [9.17, 15) is 28.1 Å². The molecule has 0 aliphatic carbocycles. The molecule has 0 saturated heterocycles. The molecule has 3 aromatic rings. The Hall–Kier alpha value is -4.16. The van der Waals surface area contributed by atoms with E-state index in [0.717, 1.165) is 21.5 Å². The fraction of sp³-hybridized carbons (Fsp3) is 0.355. The van der Waals surface area contributed by atoms with Gasteiger partial charge in [0.15, 0.2) is 0 Å². The van der Waals surface area contributed by atoms with Gasteiger partial charge in [-0.3, -0.25) is 24.0 Å². The zero-order valence-electron chi connectivity index (χ0n) is 25.5. The van der Waals surface area contributed by atoms with Gasteiger partial charge < -0.3 is 15.0 Å². The summed E-state index contributed by atoms with van der Waals surface area (Å²) in [6, 6.07) is 14.1. The summed E-state index contributed by atoms with van der Waals surface area (Å²) in [6.45, 7) is 7.99. The quantitative estimate of drug-likeness (QED) is 0.194. The maximum Gasteiger partial charge on any atom is 0.273 e. The molecule has 236 valence electrons. The van der Waals surface area contributed by atoms with Crippen molar-refractivity contribution >= 4 is 44.8 Å². The number of halogens is 1. The summed E-state index contributed by atoms with van der Waals surface area (Å²) in [5.41, 5.74) is 1.50. The Labute approximate surface area is 263 Å². The number of rotatable bonds is 13. The van der Waals surface area contributed by atoms with E-state index in [1.165, 1.54) is 49.3 Å². The highest BCUT2D eigenvalue weighted by molar-refractivity contribution is 7.92. The predicted octanol–water partition coefficient (Wildman–Crippen LogP) is 5.40. The lowest BCUT2D eigenvalue weighted by molar-refractivity contribution is -0.385. The number of hydrogen-bond acceptors (Lipinski definition) is 7. The van der Waals surface area contributed by atoms with Crippen LogP contribution in [-0.2, 0) is 26.2 Å². The lowest BCUT2D eigenvalue weighted by atomic mass is 10.1. The Balaban J connectivity index is 2.16. The van der Waals surface area contributed by atoms with Crippen LogP contribution < -0.4 is 14.4 Å². The molecule has 0 bridgehead atoms. The Morgan fingerprint density at radius 1 is 1.07 bits per heavy atom. The molecule has 0 aliphatic heterocycles. The van der Waals surface area contributed by atoms with Crippen LogP contribution in [0.5, 0.6) is 5.75 Å². The van der Waals surface area contributed by atoms with E-state index in [1.54, 1.807) is 6.92 Å². The molecule has 0 aliphatic rings. The number of hydrogen-bond donors (Lipinski definition) is 1. The Morgan fingerprint density at radius 3 is 2.39 bits per heavy atom. The van der Waals surface area contributed by atoms with E-state index in [2.05, 4.69) is 5.32 Å². The average molecular weight is 645 g/mol. The van der Waals surface area contributed by atoms with Crippen molar-refractivity contribution in [1.82, 2.24) is 10.2 Å². The largest absolute Gasteiger partial charge is 0.495 e. The van der Waals surface area contributed by atoms with Crippen LogP contribution in [0.1, 0.15) is 43.9 Å². The van der Waals surface area contributed by atoms with Crippen molar-refractivity contribution in [2.24, 2.45) is 0 Å². The molecular weight excluding hydrogens is 608 g/mol. The first-order chi connectivity index (χ1) is 20.7. The molecule has 13 heteroatoms. The summed E-state index contributed by atoms with van der Waals surface area (Å²) in [4.78, 5) is 39.3. The lowest BCUT2D eigenvalue weighted by Crippen LogP contribution is -2.52. The molecule has 0 unspecified atom stereocenters. The van der Waals surface area contributed by atoms with Gasteiger partial charge in [-0.05, 0) is 63.9 Å². The first-order valence-electron chi connectivity index (χ1n) is 14.0. The average Bonchev–Trinajstić information content (AvgIpc) is 2.97. The number of nitrogens with zero attached hydrogens (tertiary/aromatic N) is 3. The molecule has 0 radical (unpaired) electrons. The summed E-state index contributed by atoms with van der Waals surface area (Å²) in [5, 5.41) is 14.7. The Bertz CT molecular complexity index is 1650. The first-order valence-corrected chi connectivity index (χ1v) is 15.8. The highest BCUT2D eigenvalue weighted by Crippen LogP contribution is 2.36.